The minimum atomic E-state index is -0.245. The van der Waals surface area contributed by atoms with Crippen LogP contribution in [0.15, 0.2) is 0 Å². The number of hydrogen-bond acceptors (Lipinski definition) is 6. The average molecular weight is 475 g/mol. The van der Waals surface area contributed by atoms with Gasteiger partial charge in [-0.05, 0) is 7.05 Å². The van der Waals surface area contributed by atoms with Gasteiger partial charge < -0.3 is 27.1 Å². The van der Waals surface area contributed by atoms with Crippen LogP contribution < -0.4 is 11.9 Å². The smallest absolute Gasteiger partial charge is 1.00 e. The van der Waals surface area contributed by atoms with Crippen molar-refractivity contribution < 1.29 is 24.8 Å². The first-order valence-electron chi connectivity index (χ1n) is 3.21. The molecular formula is C7H24Ba2N2O4. The Bertz CT molecular complexity index is 126. The number of ether oxygens (including phenoxy) is 2. The summed E-state index contributed by atoms with van der Waals surface area (Å²) < 4.78 is 8.22. The van der Waals surface area contributed by atoms with Crippen molar-refractivity contribution in [2.45, 2.75) is 13.8 Å². The first-order chi connectivity index (χ1) is 5.54. The predicted octanol–water partition coefficient (Wildman–Crippen LogP) is -0.216. The molecular weight excluding hydrogens is 451 g/mol. The van der Waals surface area contributed by atoms with Crippen LogP contribution in [0.25, 0.3) is 0 Å². The van der Waals surface area contributed by atoms with Crippen LogP contribution in [0.1, 0.15) is 19.6 Å². The van der Waals surface area contributed by atoms with Crippen molar-refractivity contribution in [2.75, 3.05) is 21.3 Å². The van der Waals surface area contributed by atoms with E-state index in [9.17, 15) is 9.59 Å². The molecule has 0 saturated carbocycles. The zero-order valence-electron chi connectivity index (χ0n) is 14.3. The van der Waals surface area contributed by atoms with E-state index in [1.54, 1.807) is 0 Å². The van der Waals surface area contributed by atoms with Gasteiger partial charge in [-0.25, -0.2) is 0 Å². The number of nitrogens with two attached hydrogens (primary N) is 1. The molecule has 5 N–H and O–H groups in total. The summed E-state index contributed by atoms with van der Waals surface area (Å²) in [5.41, 5.74) is 4.50. The van der Waals surface area contributed by atoms with Gasteiger partial charge in [-0.1, -0.05) is 0 Å². The fraction of sp³-hybridized carbons (Fsp3) is 0.714. The first-order valence-corrected chi connectivity index (χ1v) is 3.21. The van der Waals surface area contributed by atoms with Crippen LogP contribution in [-0.4, -0.2) is 131 Å². The van der Waals surface area contributed by atoms with Crippen molar-refractivity contribution in [2.24, 2.45) is 5.73 Å². The van der Waals surface area contributed by atoms with E-state index >= 15 is 0 Å². The molecule has 6 nitrogen and oxygen atoms in total. The second-order valence-corrected chi connectivity index (χ2v) is 1.39. The molecule has 0 rings (SSSR count). The molecule has 0 unspecified atom stereocenters. The third-order valence-electron chi connectivity index (χ3n) is 0.575. The Morgan fingerprint density at radius 3 is 1.00 bits per heavy atom. The van der Waals surface area contributed by atoms with E-state index in [-0.39, 0.29) is 122 Å². The summed E-state index contributed by atoms with van der Waals surface area (Å²) in [6.07, 6.45) is 0. The van der Waals surface area contributed by atoms with Gasteiger partial charge in [-0.2, -0.15) is 0 Å². The number of carbonyl (C=O) groups is 2. The maximum atomic E-state index is 9.59. The monoisotopic (exact) mass is 476 g/mol. The molecule has 15 heavy (non-hydrogen) atoms. The Balaban J connectivity index is -0.00000000709. The van der Waals surface area contributed by atoms with Crippen LogP contribution in [0.3, 0.4) is 0 Å². The maximum absolute atomic E-state index is 9.59. The van der Waals surface area contributed by atoms with Crippen molar-refractivity contribution >= 4 is 110 Å². The zero-order valence-corrected chi connectivity index (χ0v) is 19.2. The average Bonchev–Trinajstić information content (AvgIpc) is 2.09. The molecule has 0 atom stereocenters. The SMILES string of the molecule is CN.COC(C)=O.COC(C)=O.N.[Ba+2].[Ba+2].[H-].[H-].[H-].[H-]. The molecule has 0 aliphatic carbocycles. The van der Waals surface area contributed by atoms with Gasteiger partial charge in [0.05, 0.1) is 14.2 Å². The Kier molecular flexibility index (Phi) is 86.3. The van der Waals surface area contributed by atoms with Crippen LogP contribution in [-0.2, 0) is 19.1 Å². The summed E-state index contributed by atoms with van der Waals surface area (Å²) in [6.45, 7) is 2.72. The molecule has 90 valence electrons. The second kappa shape index (κ2) is 36.0. The second-order valence-electron chi connectivity index (χ2n) is 1.39. The molecule has 0 aromatic carbocycles. The normalized spacial score (nSPS) is 4.93. The van der Waals surface area contributed by atoms with Crippen molar-refractivity contribution in [1.82, 2.24) is 6.15 Å². The molecule has 0 aromatic heterocycles. The van der Waals surface area contributed by atoms with Crippen LogP contribution >= 0.6 is 0 Å². The molecule has 0 aliphatic rings. The van der Waals surface area contributed by atoms with Crippen LogP contribution in [0.2, 0.25) is 0 Å². The molecule has 0 saturated heterocycles. The minimum Gasteiger partial charge on any atom is -1.00 e. The number of carbonyl (C=O) groups excluding carboxylic acids is 2. The van der Waals surface area contributed by atoms with Gasteiger partial charge in [-0.15, -0.1) is 0 Å². The van der Waals surface area contributed by atoms with Crippen molar-refractivity contribution in [1.29, 1.82) is 0 Å². The Labute approximate surface area is 178 Å². The van der Waals surface area contributed by atoms with E-state index in [1.807, 2.05) is 0 Å². The molecule has 0 aromatic rings. The summed E-state index contributed by atoms with van der Waals surface area (Å²) in [5, 5.41) is 0. The fourth-order valence-corrected chi connectivity index (χ4v) is 0. The number of rotatable bonds is 0. The van der Waals surface area contributed by atoms with Crippen LogP contribution in [0.5, 0.6) is 0 Å². The first kappa shape index (κ1) is 36.0. The molecule has 0 spiro atoms. The summed E-state index contributed by atoms with van der Waals surface area (Å²) >= 11 is 0. The van der Waals surface area contributed by atoms with Gasteiger partial charge in [-0.3, -0.25) is 9.59 Å². The third-order valence-corrected chi connectivity index (χ3v) is 0.575. The van der Waals surface area contributed by atoms with Crippen molar-refractivity contribution in [3.8, 4) is 0 Å². The number of methoxy groups -OCH3 is 2. The maximum Gasteiger partial charge on any atom is 2.00 e. The van der Waals surface area contributed by atoms with Gasteiger partial charge in [0.15, 0.2) is 0 Å². The van der Waals surface area contributed by atoms with E-state index in [0.717, 1.165) is 0 Å². The molecule has 0 radical (unpaired) electrons. The van der Waals surface area contributed by atoms with E-state index in [1.165, 1.54) is 35.1 Å². The molecule has 8 heteroatoms. The van der Waals surface area contributed by atoms with E-state index in [2.05, 4.69) is 15.2 Å². The quantitative estimate of drug-likeness (QED) is 0.371. The Hall–Kier alpha value is 2.00. The van der Waals surface area contributed by atoms with Crippen molar-refractivity contribution in [3.05, 3.63) is 0 Å². The van der Waals surface area contributed by atoms with Gasteiger partial charge in [0, 0.05) is 13.8 Å². The Morgan fingerprint density at radius 2 is 1.00 bits per heavy atom. The Morgan fingerprint density at radius 1 is 0.933 bits per heavy atom. The molecule has 0 amide bonds. The zero-order chi connectivity index (χ0) is 10.6. The topological polar surface area (TPSA) is 114 Å². The minimum absolute atomic E-state index is 0. The van der Waals surface area contributed by atoms with Crippen molar-refractivity contribution in [3.63, 3.8) is 0 Å². The van der Waals surface area contributed by atoms with Gasteiger partial charge in [0.25, 0.3) is 0 Å². The predicted molar refractivity (Wildman–Crippen MR) is 66.5 cm³/mol. The molecule has 0 bridgehead atoms. The standard InChI is InChI=1S/2C3H6O2.CH5N.2Ba.H3N.4H/c2*1-3(4)5-2;1-2;;;;;;;/h2*1-2H3;2H2,1H3;;;1H3;;;;/q;;;2*+2;;4*-1. The fourth-order valence-electron chi connectivity index (χ4n) is 0. The summed E-state index contributed by atoms with van der Waals surface area (Å²) in [4.78, 5) is 19.2. The van der Waals surface area contributed by atoms with E-state index in [4.69, 9.17) is 0 Å². The van der Waals surface area contributed by atoms with Gasteiger partial charge >= 0.3 is 110 Å². The summed E-state index contributed by atoms with van der Waals surface area (Å²) in [5.74, 6) is -0.491. The largest absolute Gasteiger partial charge is 2.00 e. The van der Waals surface area contributed by atoms with E-state index in [0.29, 0.717) is 0 Å². The molecule has 0 heterocycles. The molecule has 0 aliphatic heterocycles. The van der Waals surface area contributed by atoms with E-state index < -0.39 is 0 Å². The van der Waals surface area contributed by atoms with Crippen LogP contribution in [0, 0.1) is 0 Å². The van der Waals surface area contributed by atoms with Crippen LogP contribution in [0.4, 0.5) is 0 Å². The van der Waals surface area contributed by atoms with Gasteiger partial charge in [0.2, 0.25) is 0 Å². The summed E-state index contributed by atoms with van der Waals surface area (Å²) in [6, 6.07) is 0. The molecule has 0 fully saturated rings. The summed E-state index contributed by atoms with van der Waals surface area (Å²) in [7, 11) is 4.20. The third kappa shape index (κ3) is 87.1. The van der Waals surface area contributed by atoms with Gasteiger partial charge in [0.1, 0.15) is 0 Å². The number of hydrogen-bond donors (Lipinski definition) is 2. The number of esters is 2.